The fraction of sp³-hybridized carbons (Fsp3) is 0.381. The summed E-state index contributed by atoms with van der Waals surface area (Å²) in [5, 5.41) is 17.8. The molecule has 0 aromatic carbocycles. The van der Waals surface area contributed by atoms with Gasteiger partial charge >= 0.3 is 6.61 Å². The molecule has 4 heterocycles. The number of imidazole rings is 1. The van der Waals surface area contributed by atoms with Crippen LogP contribution in [0.25, 0.3) is 22.3 Å². The van der Waals surface area contributed by atoms with Gasteiger partial charge < -0.3 is 19.6 Å². The maximum absolute atomic E-state index is 13.2. The van der Waals surface area contributed by atoms with Gasteiger partial charge in [-0.1, -0.05) is 0 Å². The zero-order chi connectivity index (χ0) is 21.6. The van der Waals surface area contributed by atoms with Crippen molar-refractivity contribution in [3.05, 3.63) is 43.0 Å². The third-order valence-electron chi connectivity index (χ3n) is 5.78. The maximum atomic E-state index is 13.2. The van der Waals surface area contributed by atoms with E-state index in [0.717, 1.165) is 24.1 Å². The van der Waals surface area contributed by atoms with Gasteiger partial charge in [-0.2, -0.15) is 13.8 Å². The van der Waals surface area contributed by atoms with E-state index in [1.165, 1.54) is 4.52 Å². The van der Waals surface area contributed by atoms with E-state index >= 15 is 0 Å². The quantitative estimate of drug-likeness (QED) is 0.503. The van der Waals surface area contributed by atoms with Gasteiger partial charge in [-0.05, 0) is 50.8 Å². The molecule has 31 heavy (non-hydrogen) atoms. The van der Waals surface area contributed by atoms with Gasteiger partial charge in [-0.15, -0.1) is 5.10 Å². The summed E-state index contributed by atoms with van der Waals surface area (Å²) in [6, 6.07) is 5.56. The Labute approximate surface area is 176 Å². The third-order valence-corrected chi connectivity index (χ3v) is 5.78. The van der Waals surface area contributed by atoms with Crippen molar-refractivity contribution >= 4 is 17.1 Å². The van der Waals surface area contributed by atoms with E-state index in [9.17, 15) is 13.9 Å². The molecule has 8 nitrogen and oxygen atoms in total. The summed E-state index contributed by atoms with van der Waals surface area (Å²) in [5.74, 6) is 0.0166. The smallest absolute Gasteiger partial charge is 0.388 e. The molecule has 162 valence electrons. The maximum Gasteiger partial charge on any atom is 0.388 e. The normalized spacial score (nSPS) is 21.8. The van der Waals surface area contributed by atoms with Crippen molar-refractivity contribution in [3.63, 3.8) is 0 Å². The van der Waals surface area contributed by atoms with Crippen LogP contribution in [0, 0.1) is 0 Å². The molecule has 0 unspecified atom stereocenters. The summed E-state index contributed by atoms with van der Waals surface area (Å²) >= 11 is 0. The molecule has 2 N–H and O–H groups in total. The third kappa shape index (κ3) is 3.90. The second-order valence-electron chi connectivity index (χ2n) is 8.17. The minimum Gasteiger partial charge on any atom is -0.414 e. The molecule has 4 aromatic heterocycles. The molecule has 10 heteroatoms. The number of nitrogens with one attached hydrogen (secondary N) is 1. The number of fused-ring (bicyclic) bond motifs is 2. The Morgan fingerprint density at radius 3 is 2.81 bits per heavy atom. The number of ether oxygens (including phenoxy) is 1. The van der Waals surface area contributed by atoms with Crippen LogP contribution in [0.15, 0.2) is 43.0 Å². The highest BCUT2D eigenvalue weighted by Crippen LogP contribution is 2.33. The van der Waals surface area contributed by atoms with Crippen molar-refractivity contribution < 1.29 is 18.6 Å². The first-order valence-corrected chi connectivity index (χ1v) is 10.1. The SMILES string of the molecule is CC1(O)CCC(Nc2nc(OC(F)F)c3c(-c4ccc5nccn5c4)ccn3n2)CC1. The monoisotopic (exact) mass is 428 g/mol. The predicted molar refractivity (Wildman–Crippen MR) is 110 cm³/mol. The van der Waals surface area contributed by atoms with E-state index in [2.05, 4.69) is 20.4 Å². The second kappa shape index (κ2) is 7.45. The van der Waals surface area contributed by atoms with Crippen LogP contribution < -0.4 is 10.1 Å². The van der Waals surface area contributed by atoms with Crippen molar-refractivity contribution in [3.8, 4) is 17.0 Å². The molecule has 0 atom stereocenters. The average Bonchev–Trinajstić information content (AvgIpc) is 3.35. The minimum atomic E-state index is -3.02. The molecule has 1 aliphatic rings. The molecule has 0 bridgehead atoms. The van der Waals surface area contributed by atoms with E-state index in [-0.39, 0.29) is 17.9 Å². The Morgan fingerprint density at radius 1 is 1.23 bits per heavy atom. The number of pyridine rings is 1. The number of halogens is 2. The van der Waals surface area contributed by atoms with Gasteiger partial charge in [0, 0.05) is 42.0 Å². The number of alkyl halides is 2. The topological polar surface area (TPSA) is 89.0 Å². The molecule has 1 fully saturated rings. The predicted octanol–water partition coefficient (Wildman–Crippen LogP) is 3.75. The van der Waals surface area contributed by atoms with Crippen LogP contribution in [0.5, 0.6) is 5.88 Å². The first-order valence-electron chi connectivity index (χ1n) is 10.1. The lowest BCUT2D eigenvalue weighted by Crippen LogP contribution is -2.36. The molecule has 4 aromatic rings. The van der Waals surface area contributed by atoms with Crippen molar-refractivity contribution in [2.24, 2.45) is 0 Å². The summed E-state index contributed by atoms with van der Waals surface area (Å²) in [6.45, 7) is -1.20. The Bertz CT molecular complexity index is 1230. The van der Waals surface area contributed by atoms with E-state index in [1.807, 2.05) is 35.9 Å². The summed E-state index contributed by atoms with van der Waals surface area (Å²) in [5.41, 5.74) is 1.94. The fourth-order valence-corrected chi connectivity index (χ4v) is 4.10. The number of hydrogen-bond donors (Lipinski definition) is 2. The highest BCUT2D eigenvalue weighted by atomic mass is 19.3. The van der Waals surface area contributed by atoms with E-state index < -0.39 is 12.2 Å². The standard InChI is InChI=1S/C21H22F2N6O2/c1-21(30)7-4-14(5-8-21)25-20-26-18(31-19(22)23)17-15(6-10-29(17)27-20)13-2-3-16-24-9-11-28(16)12-13/h2-3,6,9-12,14,19,30H,4-5,7-8H2,1H3,(H,25,27). The highest BCUT2D eigenvalue weighted by molar-refractivity contribution is 5.84. The van der Waals surface area contributed by atoms with Gasteiger partial charge in [-0.25, -0.2) is 9.50 Å². The van der Waals surface area contributed by atoms with Crippen LogP contribution in [-0.4, -0.2) is 47.3 Å². The largest absolute Gasteiger partial charge is 0.414 e. The van der Waals surface area contributed by atoms with Crippen LogP contribution in [0.2, 0.25) is 0 Å². The van der Waals surface area contributed by atoms with Gasteiger partial charge in [-0.3, -0.25) is 0 Å². The van der Waals surface area contributed by atoms with Gasteiger partial charge in [0.2, 0.25) is 11.8 Å². The zero-order valence-corrected chi connectivity index (χ0v) is 16.9. The lowest BCUT2D eigenvalue weighted by molar-refractivity contribution is -0.0519. The summed E-state index contributed by atoms with van der Waals surface area (Å²) in [6.07, 6.45) is 9.84. The number of anilines is 1. The molecule has 0 aliphatic heterocycles. The molecular formula is C21H22F2N6O2. The van der Waals surface area contributed by atoms with Gasteiger partial charge in [0.25, 0.3) is 0 Å². The van der Waals surface area contributed by atoms with Crippen LogP contribution in [0.4, 0.5) is 14.7 Å². The Morgan fingerprint density at radius 2 is 2.03 bits per heavy atom. The second-order valence-corrected chi connectivity index (χ2v) is 8.17. The van der Waals surface area contributed by atoms with Crippen molar-refractivity contribution in [1.82, 2.24) is 24.0 Å². The van der Waals surface area contributed by atoms with Gasteiger partial charge in [0.05, 0.1) is 5.60 Å². The first-order chi connectivity index (χ1) is 14.9. The zero-order valence-electron chi connectivity index (χ0n) is 16.9. The van der Waals surface area contributed by atoms with Gasteiger partial charge in [0.1, 0.15) is 11.2 Å². The molecule has 5 rings (SSSR count). The lowest BCUT2D eigenvalue weighted by Gasteiger charge is -2.33. The molecular weight excluding hydrogens is 406 g/mol. The average molecular weight is 428 g/mol. The van der Waals surface area contributed by atoms with Crippen molar-refractivity contribution in [1.29, 1.82) is 0 Å². The Hall–Kier alpha value is -3.27. The number of aromatic nitrogens is 5. The Balaban J connectivity index is 1.52. The first kappa shape index (κ1) is 19.7. The van der Waals surface area contributed by atoms with E-state index in [1.54, 1.807) is 18.5 Å². The number of nitrogens with zero attached hydrogens (tertiary/aromatic N) is 5. The number of hydrogen-bond acceptors (Lipinski definition) is 6. The summed E-state index contributed by atoms with van der Waals surface area (Å²) in [7, 11) is 0. The molecule has 1 saturated carbocycles. The molecule has 0 radical (unpaired) electrons. The minimum absolute atomic E-state index is 0.0516. The summed E-state index contributed by atoms with van der Waals surface area (Å²) < 4.78 is 34.5. The van der Waals surface area contributed by atoms with Crippen molar-refractivity contribution in [2.75, 3.05) is 5.32 Å². The van der Waals surface area contributed by atoms with E-state index in [0.29, 0.717) is 23.9 Å². The van der Waals surface area contributed by atoms with Crippen LogP contribution in [0.3, 0.4) is 0 Å². The van der Waals surface area contributed by atoms with Crippen LogP contribution in [0.1, 0.15) is 32.6 Å². The molecule has 0 saturated heterocycles. The molecule has 0 amide bonds. The fourth-order valence-electron chi connectivity index (χ4n) is 4.10. The van der Waals surface area contributed by atoms with Gasteiger partial charge in [0.15, 0.2) is 0 Å². The van der Waals surface area contributed by atoms with Crippen molar-refractivity contribution in [2.45, 2.75) is 50.9 Å². The highest BCUT2D eigenvalue weighted by Gasteiger charge is 2.29. The van der Waals surface area contributed by atoms with E-state index in [4.69, 9.17) is 4.74 Å². The van der Waals surface area contributed by atoms with Crippen LogP contribution >= 0.6 is 0 Å². The molecule has 1 aliphatic carbocycles. The molecule has 0 spiro atoms. The lowest BCUT2D eigenvalue weighted by atomic mass is 9.84. The Kier molecular flexibility index (Phi) is 4.73. The number of aliphatic hydroxyl groups is 1. The van der Waals surface area contributed by atoms with Crippen LogP contribution in [-0.2, 0) is 0 Å². The number of rotatable bonds is 5. The summed E-state index contributed by atoms with van der Waals surface area (Å²) in [4.78, 5) is 8.48.